The summed E-state index contributed by atoms with van der Waals surface area (Å²) in [6, 6.07) is 7.60. The number of aromatic amines is 1. The van der Waals surface area contributed by atoms with E-state index in [0.717, 1.165) is 22.0 Å². The minimum absolute atomic E-state index is 0.0200. The molecule has 0 saturated carbocycles. The van der Waals surface area contributed by atoms with Crippen LogP contribution in [0.3, 0.4) is 0 Å². The first-order valence-electron chi connectivity index (χ1n) is 9.94. The molecule has 3 rings (SSSR count). The van der Waals surface area contributed by atoms with Crippen LogP contribution in [-0.2, 0) is 14.3 Å². The fourth-order valence-corrected chi connectivity index (χ4v) is 3.73. The molecule has 0 aliphatic carbocycles. The number of ether oxygens (including phenoxy) is 2. The third-order valence-corrected chi connectivity index (χ3v) is 5.36. The smallest absolute Gasteiger partial charge is 0.338 e. The van der Waals surface area contributed by atoms with Gasteiger partial charge in [0.05, 0.1) is 23.6 Å². The summed E-state index contributed by atoms with van der Waals surface area (Å²) in [6.07, 6.45) is 1.11. The van der Waals surface area contributed by atoms with Crippen LogP contribution < -0.4 is 11.3 Å². The van der Waals surface area contributed by atoms with Crippen molar-refractivity contribution in [2.24, 2.45) is 5.73 Å². The lowest BCUT2D eigenvalue weighted by molar-refractivity contribution is -0.139. The van der Waals surface area contributed by atoms with Crippen LogP contribution >= 0.6 is 0 Å². The molecule has 1 aromatic heterocycles. The minimum atomic E-state index is -0.959. The van der Waals surface area contributed by atoms with Crippen LogP contribution in [0.1, 0.15) is 49.3 Å². The van der Waals surface area contributed by atoms with Gasteiger partial charge in [0.2, 0.25) is 5.88 Å². The second kappa shape index (κ2) is 8.46. The van der Waals surface area contributed by atoms with Gasteiger partial charge in [-0.2, -0.15) is 5.26 Å². The van der Waals surface area contributed by atoms with E-state index in [-0.39, 0.29) is 34.8 Å². The van der Waals surface area contributed by atoms with Crippen molar-refractivity contribution in [3.63, 3.8) is 0 Å². The predicted molar refractivity (Wildman–Crippen MR) is 113 cm³/mol. The van der Waals surface area contributed by atoms with E-state index >= 15 is 0 Å². The molecule has 0 amide bonds. The van der Waals surface area contributed by atoms with Crippen molar-refractivity contribution in [3.8, 4) is 6.07 Å². The third kappa shape index (κ3) is 3.57. The van der Waals surface area contributed by atoms with Gasteiger partial charge in [-0.05, 0) is 49.8 Å². The lowest BCUT2D eigenvalue weighted by atomic mass is 9.82. The van der Waals surface area contributed by atoms with Crippen molar-refractivity contribution in [2.75, 3.05) is 6.61 Å². The Hall–Kier alpha value is -3.53. The van der Waals surface area contributed by atoms with Crippen molar-refractivity contribution in [3.05, 3.63) is 68.0 Å². The highest BCUT2D eigenvalue weighted by atomic mass is 16.5. The van der Waals surface area contributed by atoms with Crippen LogP contribution in [0.2, 0.25) is 0 Å². The molecule has 156 valence electrons. The first kappa shape index (κ1) is 21.2. The van der Waals surface area contributed by atoms with Crippen molar-refractivity contribution < 1.29 is 14.3 Å². The summed E-state index contributed by atoms with van der Waals surface area (Å²) in [5.41, 5.74) is 8.80. The average Bonchev–Trinajstić information content (AvgIpc) is 2.71. The first-order chi connectivity index (χ1) is 14.3. The fourth-order valence-electron chi connectivity index (χ4n) is 3.73. The van der Waals surface area contributed by atoms with E-state index in [1.54, 1.807) is 13.0 Å². The van der Waals surface area contributed by atoms with Gasteiger partial charge >= 0.3 is 5.97 Å². The monoisotopic (exact) mass is 407 g/mol. The number of esters is 1. The van der Waals surface area contributed by atoms with Gasteiger partial charge in [0.15, 0.2) is 0 Å². The molecule has 0 saturated heterocycles. The normalized spacial score (nSPS) is 16.4. The molecule has 7 nitrogen and oxygen atoms in total. The van der Waals surface area contributed by atoms with Crippen LogP contribution in [0.4, 0.5) is 0 Å². The van der Waals surface area contributed by atoms with Gasteiger partial charge in [0.1, 0.15) is 17.4 Å². The van der Waals surface area contributed by atoms with Crippen LogP contribution in [0, 0.1) is 25.2 Å². The van der Waals surface area contributed by atoms with E-state index in [0.29, 0.717) is 18.6 Å². The lowest BCUT2D eigenvalue weighted by Gasteiger charge is -2.27. The first-order valence-corrected chi connectivity index (χ1v) is 9.94. The maximum absolute atomic E-state index is 13.1. The van der Waals surface area contributed by atoms with Crippen molar-refractivity contribution >= 4 is 16.9 Å². The molecule has 2 aromatic rings. The van der Waals surface area contributed by atoms with Crippen LogP contribution in [0.15, 0.2) is 45.8 Å². The Kier molecular flexibility index (Phi) is 5.97. The Bertz CT molecular complexity index is 1180. The van der Waals surface area contributed by atoms with Gasteiger partial charge in [-0.1, -0.05) is 19.1 Å². The molecule has 0 bridgehead atoms. The van der Waals surface area contributed by atoms with Gasteiger partial charge < -0.3 is 20.2 Å². The average molecular weight is 407 g/mol. The van der Waals surface area contributed by atoms with Crippen molar-refractivity contribution in [1.29, 1.82) is 5.26 Å². The minimum Gasteiger partial charge on any atom is -0.463 e. The number of hydrogen-bond donors (Lipinski definition) is 2. The molecule has 3 N–H and O–H groups in total. The number of aromatic nitrogens is 1. The summed E-state index contributed by atoms with van der Waals surface area (Å²) in [6.45, 7) is 7.68. The molecule has 2 heterocycles. The van der Waals surface area contributed by atoms with Crippen LogP contribution in [0.5, 0.6) is 0 Å². The summed E-state index contributed by atoms with van der Waals surface area (Å²) >= 11 is 0. The van der Waals surface area contributed by atoms with E-state index < -0.39 is 11.9 Å². The lowest BCUT2D eigenvalue weighted by Crippen LogP contribution is -2.29. The zero-order chi connectivity index (χ0) is 22.0. The molecule has 1 aliphatic rings. The number of benzene rings is 1. The zero-order valence-corrected chi connectivity index (χ0v) is 17.6. The quantitative estimate of drug-likeness (QED) is 0.732. The highest BCUT2D eigenvalue weighted by molar-refractivity contribution is 5.93. The summed E-state index contributed by atoms with van der Waals surface area (Å²) in [4.78, 5) is 28.9. The molecule has 1 unspecified atom stereocenters. The van der Waals surface area contributed by atoms with Gasteiger partial charge in [-0.3, -0.25) is 4.79 Å². The number of pyridine rings is 1. The second-order valence-corrected chi connectivity index (χ2v) is 7.26. The molecule has 1 atom stereocenters. The molecule has 0 fully saturated rings. The van der Waals surface area contributed by atoms with Gasteiger partial charge in [-0.15, -0.1) is 0 Å². The molecular formula is C23H25N3O4. The Morgan fingerprint density at radius 2 is 2.07 bits per heavy atom. The number of H-pyrrole nitrogens is 1. The number of nitrogens with two attached hydrogens (primary N) is 1. The number of nitriles is 1. The van der Waals surface area contributed by atoms with E-state index in [4.69, 9.17) is 15.2 Å². The van der Waals surface area contributed by atoms with Gasteiger partial charge in [0.25, 0.3) is 5.56 Å². The number of aryl methyl sites for hydroxylation is 2. The molecule has 0 spiro atoms. The molecular weight excluding hydrogens is 382 g/mol. The molecule has 1 aromatic carbocycles. The zero-order valence-electron chi connectivity index (χ0n) is 17.6. The largest absolute Gasteiger partial charge is 0.463 e. The van der Waals surface area contributed by atoms with Gasteiger partial charge in [-0.25, -0.2) is 4.79 Å². The number of carbonyl (C=O) groups is 1. The number of carbonyl (C=O) groups excluding carboxylic acids is 1. The topological polar surface area (TPSA) is 118 Å². The maximum atomic E-state index is 13.1. The SMILES string of the molecule is CCCC1=C(C(=O)OCC)C(c2cc3ccc(C)c(C)c3[nH]c2=O)C(C#N)=C(N)O1. The third-order valence-electron chi connectivity index (χ3n) is 5.36. The summed E-state index contributed by atoms with van der Waals surface area (Å²) in [5, 5.41) is 10.6. The number of fused-ring (bicyclic) bond motifs is 1. The number of allylic oxidation sites excluding steroid dienone is 2. The second-order valence-electron chi connectivity index (χ2n) is 7.26. The maximum Gasteiger partial charge on any atom is 0.338 e. The number of nitrogens with zero attached hydrogens (tertiary/aromatic N) is 1. The number of rotatable bonds is 5. The van der Waals surface area contributed by atoms with Crippen molar-refractivity contribution in [1.82, 2.24) is 4.98 Å². The molecule has 1 aliphatic heterocycles. The van der Waals surface area contributed by atoms with Gasteiger partial charge in [0, 0.05) is 12.0 Å². The number of nitrogens with one attached hydrogen (secondary N) is 1. The van der Waals surface area contributed by atoms with E-state index in [1.807, 2.05) is 39.0 Å². The standard InChI is InChI=1S/C23H25N3O4/c1-5-7-17-19(23(28)29-6-2)18(16(11-24)21(25)30-17)15-10-14-9-8-12(3)13(4)20(14)26-22(15)27/h8-10,18H,5-7,25H2,1-4H3,(H,26,27). The molecule has 0 radical (unpaired) electrons. The van der Waals surface area contributed by atoms with Crippen LogP contribution in [0.25, 0.3) is 10.9 Å². The molecule has 30 heavy (non-hydrogen) atoms. The summed E-state index contributed by atoms with van der Waals surface area (Å²) < 4.78 is 10.9. The highest BCUT2D eigenvalue weighted by Crippen LogP contribution is 2.40. The van der Waals surface area contributed by atoms with Crippen LogP contribution in [-0.4, -0.2) is 17.6 Å². The van der Waals surface area contributed by atoms with Crippen molar-refractivity contribution in [2.45, 2.75) is 46.5 Å². The van der Waals surface area contributed by atoms with E-state index in [2.05, 4.69) is 4.98 Å². The predicted octanol–water partition coefficient (Wildman–Crippen LogP) is 3.57. The van der Waals surface area contributed by atoms with E-state index in [9.17, 15) is 14.9 Å². The Morgan fingerprint density at radius 1 is 1.33 bits per heavy atom. The molecule has 7 heteroatoms. The summed E-state index contributed by atoms with van der Waals surface area (Å²) in [7, 11) is 0. The fraction of sp³-hybridized carbons (Fsp3) is 0.348. The Morgan fingerprint density at radius 3 is 2.70 bits per heavy atom. The Labute approximate surface area is 174 Å². The van der Waals surface area contributed by atoms with E-state index in [1.165, 1.54) is 0 Å². The summed E-state index contributed by atoms with van der Waals surface area (Å²) in [5.74, 6) is -1.35. The number of hydrogen-bond acceptors (Lipinski definition) is 6. The Balaban J connectivity index is 2.33. The highest BCUT2D eigenvalue weighted by Gasteiger charge is 2.38.